The molecule has 0 aliphatic carbocycles. The predicted molar refractivity (Wildman–Crippen MR) is 80.4 cm³/mol. The van der Waals surface area contributed by atoms with E-state index in [0.717, 1.165) is 19.3 Å². The number of nitrogens with zero attached hydrogens (tertiary/aromatic N) is 2. The Kier molecular flexibility index (Phi) is 4.64. The molecule has 114 valence electrons. The van der Waals surface area contributed by atoms with Crippen LogP contribution in [-0.2, 0) is 0 Å². The summed E-state index contributed by atoms with van der Waals surface area (Å²) in [6.07, 6.45) is 3.01. The van der Waals surface area contributed by atoms with Crippen molar-refractivity contribution in [2.45, 2.75) is 32.2 Å². The van der Waals surface area contributed by atoms with Crippen LogP contribution in [0.3, 0.4) is 0 Å². The van der Waals surface area contributed by atoms with Crippen molar-refractivity contribution in [3.8, 4) is 0 Å². The van der Waals surface area contributed by atoms with Crippen LogP contribution >= 0.6 is 11.6 Å². The summed E-state index contributed by atoms with van der Waals surface area (Å²) >= 11 is 6.21. The minimum Gasteiger partial charge on any atom is -0.362 e. The number of piperidine rings is 1. The Morgan fingerprint density at radius 2 is 2.24 bits per heavy atom. The molecule has 1 atom stereocenters. The average Bonchev–Trinajstić information content (AvgIpc) is 2.46. The summed E-state index contributed by atoms with van der Waals surface area (Å²) in [6.45, 7) is 2.73. The number of hydrogen-bond acceptors (Lipinski definition) is 5. The van der Waals surface area contributed by atoms with Crippen molar-refractivity contribution in [2.75, 3.05) is 11.4 Å². The molecule has 3 N–H and O–H groups in total. The number of nitrogens with two attached hydrogens (primary N) is 1. The highest BCUT2D eigenvalue weighted by molar-refractivity contribution is 6.34. The number of hydrogen-bond donors (Lipinski definition) is 2. The van der Waals surface area contributed by atoms with Crippen LogP contribution in [0, 0.1) is 10.1 Å². The number of nitro benzene ring substituents is 1. The second-order valence-electron chi connectivity index (χ2n) is 5.09. The van der Waals surface area contributed by atoms with Crippen LogP contribution in [0.2, 0.25) is 5.02 Å². The lowest BCUT2D eigenvalue weighted by molar-refractivity contribution is -0.384. The van der Waals surface area contributed by atoms with E-state index in [0.29, 0.717) is 12.2 Å². The molecule has 7 nitrogen and oxygen atoms in total. The molecule has 1 amide bonds. The van der Waals surface area contributed by atoms with Crippen LogP contribution in [0.1, 0.15) is 36.5 Å². The molecule has 2 rings (SSSR count). The number of hydrazine groups is 1. The van der Waals surface area contributed by atoms with E-state index >= 15 is 0 Å². The number of halogens is 1. The maximum atomic E-state index is 11.6. The van der Waals surface area contributed by atoms with Crippen LogP contribution in [0.25, 0.3) is 0 Å². The first-order chi connectivity index (χ1) is 9.95. The normalized spacial score (nSPS) is 18.4. The van der Waals surface area contributed by atoms with E-state index in [-0.39, 0.29) is 22.3 Å². The molecular formula is C13H17ClN4O3. The number of rotatable bonds is 3. The van der Waals surface area contributed by atoms with Gasteiger partial charge in [-0.15, -0.1) is 0 Å². The number of nitrogens with one attached hydrogen (secondary N) is 1. The Morgan fingerprint density at radius 1 is 1.52 bits per heavy atom. The summed E-state index contributed by atoms with van der Waals surface area (Å²) in [6, 6.07) is 2.79. The first-order valence-corrected chi connectivity index (χ1v) is 7.09. The standard InChI is InChI=1S/C13H17ClN4O3/c1-8-4-2-3-5-17(8)12-10(14)6-9(13(19)16-15)7-11(12)18(20)21/h6-8H,2-5,15H2,1H3,(H,16,19)/t8-/m1/s1. The summed E-state index contributed by atoms with van der Waals surface area (Å²) in [5, 5.41) is 11.5. The van der Waals surface area contributed by atoms with Crippen LogP contribution in [0.15, 0.2) is 12.1 Å². The maximum absolute atomic E-state index is 11.6. The van der Waals surface area contributed by atoms with Crippen molar-refractivity contribution in [2.24, 2.45) is 5.84 Å². The fourth-order valence-corrected chi connectivity index (χ4v) is 2.98. The van der Waals surface area contributed by atoms with Crippen molar-refractivity contribution in [3.63, 3.8) is 0 Å². The molecule has 0 unspecified atom stereocenters. The van der Waals surface area contributed by atoms with Gasteiger partial charge in [-0.05, 0) is 32.3 Å². The summed E-state index contributed by atoms with van der Waals surface area (Å²) in [7, 11) is 0. The largest absolute Gasteiger partial charge is 0.362 e. The number of nitrogen functional groups attached to an aromatic ring is 1. The third kappa shape index (κ3) is 3.08. The van der Waals surface area contributed by atoms with Gasteiger partial charge in [-0.3, -0.25) is 20.3 Å². The first-order valence-electron chi connectivity index (χ1n) is 6.71. The molecule has 21 heavy (non-hydrogen) atoms. The minimum absolute atomic E-state index is 0.0719. The number of amides is 1. The van der Waals surface area contributed by atoms with E-state index in [4.69, 9.17) is 17.4 Å². The van der Waals surface area contributed by atoms with Gasteiger partial charge in [-0.1, -0.05) is 11.6 Å². The monoisotopic (exact) mass is 312 g/mol. The number of benzene rings is 1. The lowest BCUT2D eigenvalue weighted by Crippen LogP contribution is -2.38. The van der Waals surface area contributed by atoms with Gasteiger partial charge in [0.15, 0.2) is 0 Å². The maximum Gasteiger partial charge on any atom is 0.294 e. The minimum atomic E-state index is -0.613. The van der Waals surface area contributed by atoms with E-state index in [1.807, 2.05) is 17.2 Å². The molecule has 1 heterocycles. The summed E-state index contributed by atoms with van der Waals surface area (Å²) in [5.74, 6) is 4.45. The van der Waals surface area contributed by atoms with Crippen molar-refractivity contribution in [1.82, 2.24) is 5.43 Å². The number of carbonyl (C=O) groups excluding carboxylic acids is 1. The second-order valence-corrected chi connectivity index (χ2v) is 5.50. The predicted octanol–water partition coefficient (Wildman–Crippen LogP) is 2.23. The Bertz CT molecular complexity index is 579. The SMILES string of the molecule is C[C@@H]1CCCCN1c1c(Cl)cc(C(=O)NN)cc1[N+](=O)[O-]. The van der Waals surface area contributed by atoms with Gasteiger partial charge in [0.05, 0.1) is 9.95 Å². The fraction of sp³-hybridized carbons (Fsp3) is 0.462. The van der Waals surface area contributed by atoms with Gasteiger partial charge in [0.2, 0.25) is 0 Å². The van der Waals surface area contributed by atoms with Gasteiger partial charge >= 0.3 is 0 Å². The van der Waals surface area contributed by atoms with Crippen LogP contribution in [0.5, 0.6) is 0 Å². The van der Waals surface area contributed by atoms with Crippen molar-refractivity contribution < 1.29 is 9.72 Å². The summed E-state index contributed by atoms with van der Waals surface area (Å²) < 4.78 is 0. The molecule has 1 aliphatic heterocycles. The van der Waals surface area contributed by atoms with Gasteiger partial charge in [0, 0.05) is 24.2 Å². The summed E-state index contributed by atoms with van der Waals surface area (Å²) in [4.78, 5) is 24.3. The van der Waals surface area contributed by atoms with Crippen molar-refractivity contribution in [1.29, 1.82) is 0 Å². The highest BCUT2D eigenvalue weighted by Crippen LogP contribution is 2.39. The lowest BCUT2D eigenvalue weighted by Gasteiger charge is -2.35. The Balaban J connectivity index is 2.54. The van der Waals surface area contributed by atoms with E-state index < -0.39 is 10.8 Å². The van der Waals surface area contributed by atoms with Crippen molar-refractivity contribution >= 4 is 28.9 Å². The Morgan fingerprint density at radius 3 is 2.81 bits per heavy atom. The second kappa shape index (κ2) is 6.28. The molecule has 8 heteroatoms. The van der Waals surface area contributed by atoms with Crippen LogP contribution < -0.4 is 16.2 Å². The third-order valence-corrected chi connectivity index (χ3v) is 4.01. The molecule has 1 aliphatic rings. The molecule has 0 bridgehead atoms. The van der Waals surface area contributed by atoms with E-state index in [9.17, 15) is 14.9 Å². The quantitative estimate of drug-likeness (QED) is 0.386. The van der Waals surface area contributed by atoms with Crippen molar-refractivity contribution in [3.05, 3.63) is 32.8 Å². The van der Waals surface area contributed by atoms with E-state index in [2.05, 4.69) is 0 Å². The molecule has 0 saturated carbocycles. The smallest absolute Gasteiger partial charge is 0.294 e. The summed E-state index contributed by atoms with van der Waals surface area (Å²) in [5.41, 5.74) is 2.23. The highest BCUT2D eigenvalue weighted by Gasteiger charge is 2.29. The molecular weight excluding hydrogens is 296 g/mol. The highest BCUT2D eigenvalue weighted by atomic mass is 35.5. The van der Waals surface area contributed by atoms with Gasteiger partial charge < -0.3 is 4.90 Å². The topological polar surface area (TPSA) is 102 Å². The Labute approximate surface area is 127 Å². The van der Waals surface area contributed by atoms with Crippen LogP contribution in [-0.4, -0.2) is 23.4 Å². The zero-order valence-corrected chi connectivity index (χ0v) is 12.4. The number of anilines is 1. The third-order valence-electron chi connectivity index (χ3n) is 3.72. The molecule has 1 aromatic carbocycles. The van der Waals surface area contributed by atoms with Gasteiger partial charge in [-0.25, -0.2) is 5.84 Å². The van der Waals surface area contributed by atoms with Gasteiger partial charge in [0.1, 0.15) is 5.69 Å². The lowest BCUT2D eigenvalue weighted by atomic mass is 10.0. The fourth-order valence-electron chi connectivity index (χ4n) is 2.65. The molecule has 1 saturated heterocycles. The number of nitro groups is 1. The molecule has 0 spiro atoms. The van der Waals surface area contributed by atoms with E-state index in [1.165, 1.54) is 12.1 Å². The average molecular weight is 313 g/mol. The van der Waals surface area contributed by atoms with E-state index in [1.54, 1.807) is 0 Å². The molecule has 1 fully saturated rings. The zero-order chi connectivity index (χ0) is 15.6. The molecule has 0 aromatic heterocycles. The first kappa shape index (κ1) is 15.5. The number of carbonyl (C=O) groups is 1. The zero-order valence-electron chi connectivity index (χ0n) is 11.6. The van der Waals surface area contributed by atoms with Crippen LogP contribution in [0.4, 0.5) is 11.4 Å². The molecule has 1 aromatic rings. The van der Waals surface area contributed by atoms with Gasteiger partial charge in [0.25, 0.3) is 11.6 Å². The molecule has 0 radical (unpaired) electrons. The Hall–Kier alpha value is -1.86. The van der Waals surface area contributed by atoms with Gasteiger partial charge in [-0.2, -0.15) is 0 Å².